The molecule has 0 aliphatic rings. The van der Waals surface area contributed by atoms with Crippen molar-refractivity contribution in [3.05, 3.63) is 33.7 Å². The van der Waals surface area contributed by atoms with Crippen molar-refractivity contribution < 1.29 is 9.90 Å². The van der Waals surface area contributed by atoms with E-state index in [1.54, 1.807) is 0 Å². The Morgan fingerprint density at radius 1 is 1.31 bits per heavy atom. The number of hydrogen-bond acceptors (Lipinski definition) is 2. The summed E-state index contributed by atoms with van der Waals surface area (Å²) < 4.78 is 1.89. The molecule has 0 unspecified atom stereocenters. The van der Waals surface area contributed by atoms with Crippen LogP contribution >= 0.6 is 0 Å². The Labute approximate surface area is 94.5 Å². The molecule has 1 aromatic rings. The average Bonchev–Trinajstić information content (AvgIpc) is 1.96. The molecule has 16 heavy (non-hydrogen) atoms. The predicted octanol–water partition coefficient (Wildman–Crippen LogP) is 1.67. The van der Waals surface area contributed by atoms with Crippen molar-refractivity contribution in [2.24, 2.45) is 0 Å². The van der Waals surface area contributed by atoms with Gasteiger partial charge in [-0.2, -0.15) is 0 Å². The second-order valence-corrected chi connectivity index (χ2v) is 4.69. The molecular weight excluding hydrogens is 206 g/mol. The van der Waals surface area contributed by atoms with E-state index in [1.165, 1.54) is 12.1 Å². The fraction of sp³-hybridized carbons (Fsp3) is 0.500. The van der Waals surface area contributed by atoms with Crippen LogP contribution in [0, 0.1) is 13.8 Å². The van der Waals surface area contributed by atoms with Gasteiger partial charge in [0.2, 0.25) is 0 Å². The minimum Gasteiger partial charge on any atom is -0.481 e. The number of pyridine rings is 1. The first-order valence-electron chi connectivity index (χ1n) is 5.16. The zero-order valence-corrected chi connectivity index (χ0v) is 10.1. The number of aromatic nitrogens is 1. The van der Waals surface area contributed by atoms with Crippen LogP contribution in [-0.2, 0) is 10.3 Å². The molecule has 88 valence electrons. The summed E-state index contributed by atoms with van der Waals surface area (Å²) in [5, 5.41) is 8.87. The number of carbonyl (C=O) groups is 1. The maximum atomic E-state index is 11.3. The van der Waals surface area contributed by atoms with Crippen molar-refractivity contribution in [3.63, 3.8) is 0 Å². The monoisotopic (exact) mass is 223 g/mol. The first-order chi connectivity index (χ1) is 7.24. The maximum absolute atomic E-state index is 11.3. The van der Waals surface area contributed by atoms with E-state index in [1.807, 2.05) is 32.3 Å². The Kier molecular flexibility index (Phi) is 3.21. The average molecular weight is 223 g/mol. The Bertz CT molecular complexity index is 445. The molecule has 1 N–H and O–H groups in total. The lowest BCUT2D eigenvalue weighted by molar-refractivity contribution is -0.139. The quantitative estimate of drug-likeness (QED) is 0.848. The Balaban J connectivity index is 3.32. The molecule has 0 aliphatic carbocycles. The van der Waals surface area contributed by atoms with Crippen molar-refractivity contribution in [2.45, 2.75) is 39.7 Å². The number of aryl methyl sites for hydroxylation is 2. The summed E-state index contributed by atoms with van der Waals surface area (Å²) >= 11 is 0. The van der Waals surface area contributed by atoms with Crippen molar-refractivity contribution >= 4 is 5.97 Å². The third kappa shape index (κ3) is 2.51. The minimum atomic E-state index is -0.845. The van der Waals surface area contributed by atoms with E-state index in [0.29, 0.717) is 0 Å². The Hall–Kier alpha value is -1.58. The smallest absolute Gasteiger partial charge is 0.305 e. The third-order valence-electron chi connectivity index (χ3n) is 2.60. The van der Waals surface area contributed by atoms with Crippen LogP contribution in [-0.4, -0.2) is 15.6 Å². The molecule has 0 atom stereocenters. The first kappa shape index (κ1) is 12.5. The van der Waals surface area contributed by atoms with Crippen molar-refractivity contribution in [3.8, 4) is 0 Å². The molecule has 0 bridgehead atoms. The van der Waals surface area contributed by atoms with E-state index >= 15 is 0 Å². The van der Waals surface area contributed by atoms with Crippen LogP contribution in [0.4, 0.5) is 0 Å². The van der Waals surface area contributed by atoms with Crippen molar-refractivity contribution in [1.29, 1.82) is 0 Å². The van der Waals surface area contributed by atoms with Crippen molar-refractivity contribution in [2.75, 3.05) is 0 Å². The zero-order chi connectivity index (χ0) is 12.5. The number of carboxylic acids is 1. The van der Waals surface area contributed by atoms with E-state index in [0.717, 1.165) is 11.4 Å². The van der Waals surface area contributed by atoms with Gasteiger partial charge in [-0.1, -0.05) is 0 Å². The third-order valence-corrected chi connectivity index (χ3v) is 2.60. The minimum absolute atomic E-state index is 0.0253. The number of aliphatic carboxylic acids is 1. The molecule has 0 saturated carbocycles. The second-order valence-electron chi connectivity index (χ2n) is 4.69. The summed E-state index contributed by atoms with van der Waals surface area (Å²) in [5.74, 6) is -0.845. The molecule has 1 heterocycles. The van der Waals surface area contributed by atoms with Crippen molar-refractivity contribution in [1.82, 2.24) is 4.57 Å². The van der Waals surface area contributed by atoms with Gasteiger partial charge in [-0.05, 0) is 27.7 Å². The molecule has 0 aliphatic heterocycles. The van der Waals surface area contributed by atoms with Gasteiger partial charge >= 0.3 is 5.97 Å². The second kappa shape index (κ2) is 4.12. The number of carboxylic acid groups (broad SMARTS) is 1. The van der Waals surface area contributed by atoms with Gasteiger partial charge in [0.05, 0.1) is 6.42 Å². The van der Waals surface area contributed by atoms with Gasteiger partial charge in [0.15, 0.2) is 5.43 Å². The molecule has 1 rings (SSSR count). The fourth-order valence-corrected chi connectivity index (χ4v) is 2.26. The lowest BCUT2D eigenvalue weighted by Crippen LogP contribution is -2.33. The van der Waals surface area contributed by atoms with E-state index in [2.05, 4.69) is 0 Å². The highest BCUT2D eigenvalue weighted by Gasteiger charge is 2.25. The van der Waals surface area contributed by atoms with Gasteiger partial charge in [-0.3, -0.25) is 9.59 Å². The summed E-state index contributed by atoms with van der Waals surface area (Å²) in [6, 6.07) is 3.05. The van der Waals surface area contributed by atoms with Crippen LogP contribution in [0.3, 0.4) is 0 Å². The SMILES string of the molecule is Cc1cc(=O)cc(C)n1C(C)(C)CC(=O)O. The number of rotatable bonds is 3. The normalized spacial score (nSPS) is 11.5. The topological polar surface area (TPSA) is 59.3 Å². The fourth-order valence-electron chi connectivity index (χ4n) is 2.26. The molecule has 0 radical (unpaired) electrons. The molecule has 0 spiro atoms. The van der Waals surface area contributed by atoms with Crippen LogP contribution < -0.4 is 5.43 Å². The molecule has 0 fully saturated rings. The van der Waals surface area contributed by atoms with Crippen LogP contribution in [0.15, 0.2) is 16.9 Å². The van der Waals surface area contributed by atoms with Crippen LogP contribution in [0.5, 0.6) is 0 Å². The van der Waals surface area contributed by atoms with E-state index in [4.69, 9.17) is 5.11 Å². The summed E-state index contributed by atoms with van der Waals surface area (Å²) in [6.45, 7) is 7.34. The van der Waals surface area contributed by atoms with E-state index in [-0.39, 0.29) is 11.8 Å². The molecule has 1 aromatic heterocycles. The summed E-state index contributed by atoms with van der Waals surface area (Å²) in [7, 11) is 0. The molecule has 0 amide bonds. The highest BCUT2D eigenvalue weighted by molar-refractivity contribution is 5.67. The van der Waals surface area contributed by atoms with Crippen LogP contribution in [0.25, 0.3) is 0 Å². The van der Waals surface area contributed by atoms with Crippen LogP contribution in [0.1, 0.15) is 31.7 Å². The van der Waals surface area contributed by atoms with Crippen LogP contribution in [0.2, 0.25) is 0 Å². The maximum Gasteiger partial charge on any atom is 0.305 e. The zero-order valence-electron chi connectivity index (χ0n) is 10.1. The molecule has 0 aromatic carbocycles. The largest absolute Gasteiger partial charge is 0.481 e. The molecule has 4 nitrogen and oxygen atoms in total. The van der Waals surface area contributed by atoms with Gasteiger partial charge in [0.1, 0.15) is 0 Å². The summed E-state index contributed by atoms with van der Waals surface area (Å²) in [6.07, 6.45) is 0.0253. The number of nitrogens with zero attached hydrogens (tertiary/aromatic N) is 1. The lowest BCUT2D eigenvalue weighted by atomic mass is 9.98. The Morgan fingerprint density at radius 3 is 2.12 bits per heavy atom. The molecule has 0 saturated heterocycles. The summed E-state index contributed by atoms with van der Waals surface area (Å²) in [5.41, 5.74) is 0.998. The Morgan fingerprint density at radius 2 is 1.75 bits per heavy atom. The first-order valence-corrected chi connectivity index (χ1v) is 5.16. The lowest BCUT2D eigenvalue weighted by Gasteiger charge is -2.31. The highest BCUT2D eigenvalue weighted by atomic mass is 16.4. The standard InChI is InChI=1S/C12H17NO3/c1-8-5-10(14)6-9(2)13(8)12(3,4)7-11(15)16/h5-6H,7H2,1-4H3,(H,15,16). The summed E-state index contributed by atoms with van der Waals surface area (Å²) in [4.78, 5) is 22.1. The molecular formula is C12H17NO3. The van der Waals surface area contributed by atoms with E-state index in [9.17, 15) is 9.59 Å². The van der Waals surface area contributed by atoms with Gasteiger partial charge in [-0.15, -0.1) is 0 Å². The van der Waals surface area contributed by atoms with Gasteiger partial charge in [-0.25, -0.2) is 0 Å². The van der Waals surface area contributed by atoms with Gasteiger partial charge in [0, 0.05) is 29.1 Å². The number of hydrogen-bond donors (Lipinski definition) is 1. The predicted molar refractivity (Wildman–Crippen MR) is 61.8 cm³/mol. The van der Waals surface area contributed by atoms with Gasteiger partial charge in [0.25, 0.3) is 0 Å². The highest BCUT2D eigenvalue weighted by Crippen LogP contribution is 2.23. The van der Waals surface area contributed by atoms with E-state index < -0.39 is 11.5 Å². The molecule has 4 heteroatoms. The van der Waals surface area contributed by atoms with Gasteiger partial charge < -0.3 is 9.67 Å².